The summed E-state index contributed by atoms with van der Waals surface area (Å²) >= 11 is 0. The maximum atomic E-state index is 11.2. The van der Waals surface area contributed by atoms with E-state index in [2.05, 4.69) is 4.98 Å². The molecule has 0 unspecified atom stereocenters. The van der Waals surface area contributed by atoms with Crippen LogP contribution in [0.1, 0.15) is 0 Å². The van der Waals surface area contributed by atoms with E-state index in [1.54, 1.807) is 0 Å². The molecule has 88 valence electrons. The number of nitrogens with one attached hydrogen (secondary N) is 1. The van der Waals surface area contributed by atoms with E-state index in [0.717, 1.165) is 18.5 Å². The Hall–Kier alpha value is -1.83. The normalized spacial score (nSPS) is 10.9. The summed E-state index contributed by atoms with van der Waals surface area (Å²) < 4.78 is 27.2. The van der Waals surface area contributed by atoms with Crippen LogP contribution in [0.25, 0.3) is 0 Å². The molecule has 8 heteroatoms. The van der Waals surface area contributed by atoms with E-state index in [1.807, 2.05) is 5.32 Å². The average Bonchev–Trinajstić information content (AvgIpc) is 2.15. The molecule has 0 bridgehead atoms. The number of hydrogen-bond acceptors (Lipinski definition) is 5. The number of amides is 1. The Morgan fingerprint density at radius 2 is 2.19 bits per heavy atom. The van der Waals surface area contributed by atoms with Gasteiger partial charge in [-0.1, -0.05) is 0 Å². The second-order valence-corrected chi connectivity index (χ2v) is 4.89. The van der Waals surface area contributed by atoms with Gasteiger partial charge in [0, 0.05) is 12.3 Å². The van der Waals surface area contributed by atoms with Gasteiger partial charge in [-0.2, -0.15) is 0 Å². The van der Waals surface area contributed by atoms with E-state index < -0.39 is 15.9 Å². The fourth-order valence-electron chi connectivity index (χ4n) is 1.000. The second kappa shape index (κ2) is 4.35. The largest absolute Gasteiger partial charge is 0.494 e. The number of aromatic nitrogens is 1. The molecule has 1 amide bonds. The molecule has 0 aliphatic rings. The van der Waals surface area contributed by atoms with Crippen LogP contribution >= 0.6 is 0 Å². The van der Waals surface area contributed by atoms with E-state index in [1.165, 1.54) is 7.11 Å². The Bertz CT molecular complexity index is 511. The van der Waals surface area contributed by atoms with Crippen molar-refractivity contribution in [1.29, 1.82) is 0 Å². The van der Waals surface area contributed by atoms with Gasteiger partial charge in [0.05, 0.1) is 13.3 Å². The van der Waals surface area contributed by atoms with Gasteiger partial charge >= 0.3 is 6.09 Å². The van der Waals surface area contributed by atoms with Gasteiger partial charge < -0.3 is 9.84 Å². The zero-order valence-electron chi connectivity index (χ0n) is 8.59. The molecule has 0 fully saturated rings. The molecular weight excluding hydrogens is 236 g/mol. The van der Waals surface area contributed by atoms with Crippen molar-refractivity contribution in [3.8, 4) is 5.75 Å². The van der Waals surface area contributed by atoms with Crippen LogP contribution in [0.4, 0.5) is 10.5 Å². The summed E-state index contributed by atoms with van der Waals surface area (Å²) in [6.07, 6.45) is 0.801. The maximum Gasteiger partial charge on any atom is 0.409 e. The van der Waals surface area contributed by atoms with E-state index in [9.17, 15) is 13.2 Å². The number of methoxy groups -OCH3 is 1. The summed E-state index contributed by atoms with van der Waals surface area (Å²) in [7, 11) is -2.15. The van der Waals surface area contributed by atoms with Gasteiger partial charge in [0.2, 0.25) is 0 Å². The highest BCUT2D eigenvalue weighted by Crippen LogP contribution is 2.25. The third-order valence-electron chi connectivity index (χ3n) is 1.68. The van der Waals surface area contributed by atoms with Gasteiger partial charge in [0.15, 0.2) is 14.9 Å². The number of nitrogens with zero attached hydrogens (tertiary/aromatic N) is 1. The molecule has 2 N–H and O–H groups in total. The van der Waals surface area contributed by atoms with Crippen molar-refractivity contribution >= 4 is 21.6 Å². The van der Waals surface area contributed by atoms with Crippen LogP contribution in [0.15, 0.2) is 17.3 Å². The topological polar surface area (TPSA) is 106 Å². The summed E-state index contributed by atoms with van der Waals surface area (Å²) in [5.41, 5.74) is 0.0856. The molecule has 0 radical (unpaired) electrons. The third kappa shape index (κ3) is 2.83. The minimum atomic E-state index is -3.45. The summed E-state index contributed by atoms with van der Waals surface area (Å²) in [5, 5.41) is 10.4. The first-order valence-electron chi connectivity index (χ1n) is 4.08. The van der Waals surface area contributed by atoms with E-state index in [4.69, 9.17) is 9.84 Å². The molecule has 0 aromatic carbocycles. The zero-order chi connectivity index (χ0) is 12.3. The van der Waals surface area contributed by atoms with Gasteiger partial charge in [-0.25, -0.2) is 18.2 Å². The van der Waals surface area contributed by atoms with Crippen LogP contribution in [-0.4, -0.2) is 38.0 Å². The predicted octanol–water partition coefficient (Wildman–Crippen LogP) is 0.584. The van der Waals surface area contributed by atoms with Crippen molar-refractivity contribution in [2.24, 2.45) is 0 Å². The molecule has 1 heterocycles. The molecule has 16 heavy (non-hydrogen) atoms. The van der Waals surface area contributed by atoms with Gasteiger partial charge in [-0.3, -0.25) is 5.32 Å². The van der Waals surface area contributed by atoms with Crippen LogP contribution in [-0.2, 0) is 9.84 Å². The highest BCUT2D eigenvalue weighted by molar-refractivity contribution is 7.90. The lowest BCUT2D eigenvalue weighted by molar-refractivity contribution is 0.209. The molecule has 1 rings (SSSR count). The van der Waals surface area contributed by atoms with Gasteiger partial charge in [0.1, 0.15) is 11.4 Å². The molecule has 0 aliphatic heterocycles. The van der Waals surface area contributed by atoms with Crippen molar-refractivity contribution in [2.75, 3.05) is 18.7 Å². The summed E-state index contributed by atoms with van der Waals surface area (Å²) in [6, 6.07) is 1.15. The summed E-state index contributed by atoms with van der Waals surface area (Å²) in [4.78, 5) is 14.0. The van der Waals surface area contributed by atoms with Crippen molar-refractivity contribution in [3.63, 3.8) is 0 Å². The molecular formula is C8H10N2O5S. The Kier molecular flexibility index (Phi) is 3.33. The van der Waals surface area contributed by atoms with Crippen molar-refractivity contribution in [3.05, 3.63) is 12.3 Å². The monoisotopic (exact) mass is 246 g/mol. The Labute approximate surface area is 92.0 Å². The number of hydrogen-bond donors (Lipinski definition) is 2. The van der Waals surface area contributed by atoms with Crippen LogP contribution in [0.5, 0.6) is 5.75 Å². The Morgan fingerprint density at radius 3 is 2.62 bits per heavy atom. The van der Waals surface area contributed by atoms with Crippen molar-refractivity contribution < 1.29 is 23.1 Å². The van der Waals surface area contributed by atoms with Gasteiger partial charge in [-0.15, -0.1) is 0 Å². The Morgan fingerprint density at radius 1 is 1.56 bits per heavy atom. The zero-order valence-corrected chi connectivity index (χ0v) is 9.41. The minimum absolute atomic E-state index is 0.0856. The number of carboxylic acid groups (broad SMARTS) is 1. The number of carbonyl (C=O) groups is 1. The first kappa shape index (κ1) is 12.2. The van der Waals surface area contributed by atoms with Crippen molar-refractivity contribution in [1.82, 2.24) is 4.98 Å². The smallest absolute Gasteiger partial charge is 0.409 e. The second-order valence-electron chi connectivity index (χ2n) is 2.93. The quantitative estimate of drug-likeness (QED) is 0.808. The van der Waals surface area contributed by atoms with Crippen LogP contribution in [0.3, 0.4) is 0 Å². The third-order valence-corrected chi connectivity index (χ3v) is 2.67. The Balaban J connectivity index is 3.22. The van der Waals surface area contributed by atoms with E-state index in [-0.39, 0.29) is 16.5 Å². The van der Waals surface area contributed by atoms with E-state index >= 15 is 0 Å². The molecule has 1 aromatic heterocycles. The fourth-order valence-corrected chi connectivity index (χ4v) is 1.56. The van der Waals surface area contributed by atoms with E-state index in [0.29, 0.717) is 0 Å². The minimum Gasteiger partial charge on any atom is -0.494 e. The fraction of sp³-hybridized carbons (Fsp3) is 0.250. The lowest BCUT2D eigenvalue weighted by Gasteiger charge is -2.08. The number of anilines is 1. The lowest BCUT2D eigenvalue weighted by atomic mass is 10.4. The molecule has 0 spiro atoms. The summed E-state index contributed by atoms with van der Waals surface area (Å²) in [5.74, 6) is 0.0952. The maximum absolute atomic E-state index is 11.2. The first-order chi connectivity index (χ1) is 7.34. The predicted molar refractivity (Wildman–Crippen MR) is 55.5 cm³/mol. The lowest BCUT2D eigenvalue weighted by Crippen LogP contribution is -2.10. The molecule has 0 atom stereocenters. The average molecular weight is 246 g/mol. The number of rotatable bonds is 3. The highest BCUT2D eigenvalue weighted by atomic mass is 32.2. The molecule has 0 saturated carbocycles. The van der Waals surface area contributed by atoms with Crippen LogP contribution in [0.2, 0.25) is 0 Å². The molecule has 1 aromatic rings. The molecule has 0 aliphatic carbocycles. The number of sulfone groups is 1. The van der Waals surface area contributed by atoms with Crippen LogP contribution in [0, 0.1) is 0 Å². The number of ether oxygens (including phenoxy) is 1. The first-order valence-corrected chi connectivity index (χ1v) is 5.98. The number of pyridine rings is 1. The SMILES string of the molecule is COc1cc(S(C)(=O)=O)ncc1NC(=O)O. The van der Waals surface area contributed by atoms with Gasteiger partial charge in [-0.05, 0) is 0 Å². The standard InChI is InChI=1S/C8H10N2O5S/c1-15-6-3-7(16(2,13)14)9-4-5(6)10-8(11)12/h3-4,10H,1-2H3,(H,11,12). The highest BCUT2D eigenvalue weighted by Gasteiger charge is 2.14. The van der Waals surface area contributed by atoms with Crippen LogP contribution < -0.4 is 10.1 Å². The molecule has 0 saturated heterocycles. The summed E-state index contributed by atoms with van der Waals surface area (Å²) in [6.45, 7) is 0. The molecule has 7 nitrogen and oxygen atoms in total. The van der Waals surface area contributed by atoms with Gasteiger partial charge in [0.25, 0.3) is 0 Å². The van der Waals surface area contributed by atoms with Crippen molar-refractivity contribution in [2.45, 2.75) is 5.03 Å².